The Hall–Kier alpha value is -2.18. The summed E-state index contributed by atoms with van der Waals surface area (Å²) >= 11 is 0. The van der Waals surface area contributed by atoms with E-state index >= 15 is 0 Å². The summed E-state index contributed by atoms with van der Waals surface area (Å²) in [6, 6.07) is 0.213. The van der Waals surface area contributed by atoms with Crippen molar-refractivity contribution in [3.05, 3.63) is 17.0 Å². The van der Waals surface area contributed by atoms with Gasteiger partial charge >= 0.3 is 6.01 Å². The topological polar surface area (TPSA) is 91.7 Å². The largest absolute Gasteiger partial charge is 0.464 e. The van der Waals surface area contributed by atoms with Gasteiger partial charge in [0.15, 0.2) is 0 Å². The Bertz CT molecular complexity index is 577. The zero-order valence-corrected chi connectivity index (χ0v) is 10.9. The molecule has 0 saturated heterocycles. The summed E-state index contributed by atoms with van der Waals surface area (Å²) in [5.74, 6) is 0.494. The fourth-order valence-electron chi connectivity index (χ4n) is 1.56. The zero-order valence-electron chi connectivity index (χ0n) is 10.9. The number of nitrogens with zero attached hydrogens (tertiary/aromatic N) is 5. The number of nitrogens with two attached hydrogens (primary N) is 1. The summed E-state index contributed by atoms with van der Waals surface area (Å²) in [7, 11) is 0. The molecule has 2 heterocycles. The first kappa shape index (κ1) is 12.3. The average Bonchev–Trinajstić information content (AvgIpc) is 2.57. The Morgan fingerprint density at radius 1 is 1.17 bits per heavy atom. The van der Waals surface area contributed by atoms with Crippen molar-refractivity contribution in [1.29, 1.82) is 0 Å². The second-order valence-corrected chi connectivity index (χ2v) is 3.92. The number of ether oxygens (including phenoxy) is 1. The first-order valence-corrected chi connectivity index (χ1v) is 5.70. The molecule has 0 atom stereocenters. The van der Waals surface area contributed by atoms with Crippen LogP contribution in [-0.2, 0) is 0 Å². The predicted octanol–water partition coefficient (Wildman–Crippen LogP) is 0.963. The minimum atomic E-state index is 0.119. The van der Waals surface area contributed by atoms with E-state index in [1.807, 2.05) is 27.7 Å². The minimum absolute atomic E-state index is 0.119. The highest BCUT2D eigenvalue weighted by Crippen LogP contribution is 2.16. The zero-order chi connectivity index (χ0) is 13.3. The Morgan fingerprint density at radius 2 is 1.89 bits per heavy atom. The van der Waals surface area contributed by atoms with E-state index in [1.165, 1.54) is 0 Å². The number of hydrogen-bond acceptors (Lipinski definition) is 6. The van der Waals surface area contributed by atoms with Gasteiger partial charge in [0.25, 0.3) is 5.95 Å². The van der Waals surface area contributed by atoms with Gasteiger partial charge in [0.05, 0.1) is 12.3 Å². The molecule has 7 heteroatoms. The van der Waals surface area contributed by atoms with E-state index in [0.717, 1.165) is 17.0 Å². The van der Waals surface area contributed by atoms with Crippen molar-refractivity contribution in [3.8, 4) is 12.0 Å². The minimum Gasteiger partial charge on any atom is -0.464 e. The van der Waals surface area contributed by atoms with Gasteiger partial charge in [0.2, 0.25) is 5.95 Å². The number of rotatable bonds is 3. The molecule has 0 aliphatic rings. The van der Waals surface area contributed by atoms with Gasteiger partial charge in [-0.05, 0) is 33.3 Å². The molecular weight excluding hydrogens is 232 g/mol. The Kier molecular flexibility index (Phi) is 3.14. The third kappa shape index (κ3) is 2.11. The standard InChI is InChI=1S/C11H16N6O/c1-5-18-11-14-9(12)13-10(15-11)17-8(4)6(2)7(3)16-17/h5H2,1-4H3,(H2,12,13,14,15). The molecule has 0 saturated carbocycles. The molecular formula is C11H16N6O. The van der Waals surface area contributed by atoms with E-state index in [9.17, 15) is 0 Å². The van der Waals surface area contributed by atoms with Crippen molar-refractivity contribution in [1.82, 2.24) is 24.7 Å². The molecule has 2 rings (SSSR count). The van der Waals surface area contributed by atoms with Gasteiger partial charge in [-0.3, -0.25) is 0 Å². The first-order chi connectivity index (χ1) is 8.52. The lowest BCUT2D eigenvalue weighted by molar-refractivity contribution is 0.311. The summed E-state index contributed by atoms with van der Waals surface area (Å²) in [5, 5.41) is 4.38. The van der Waals surface area contributed by atoms with Crippen LogP contribution in [-0.4, -0.2) is 31.3 Å². The van der Waals surface area contributed by atoms with Gasteiger partial charge in [0, 0.05) is 5.69 Å². The van der Waals surface area contributed by atoms with Crippen molar-refractivity contribution in [3.63, 3.8) is 0 Å². The van der Waals surface area contributed by atoms with Crippen LogP contribution in [0.5, 0.6) is 6.01 Å². The normalized spacial score (nSPS) is 10.7. The molecule has 0 aliphatic carbocycles. The van der Waals surface area contributed by atoms with Crippen LogP contribution >= 0.6 is 0 Å². The van der Waals surface area contributed by atoms with E-state index in [2.05, 4.69) is 20.1 Å². The maximum absolute atomic E-state index is 5.64. The van der Waals surface area contributed by atoms with E-state index in [-0.39, 0.29) is 12.0 Å². The van der Waals surface area contributed by atoms with Crippen molar-refractivity contribution < 1.29 is 4.74 Å². The molecule has 0 unspecified atom stereocenters. The smallest absolute Gasteiger partial charge is 0.323 e. The van der Waals surface area contributed by atoms with Crippen molar-refractivity contribution in [2.24, 2.45) is 0 Å². The summed E-state index contributed by atoms with van der Waals surface area (Å²) in [6.45, 7) is 8.22. The summed E-state index contributed by atoms with van der Waals surface area (Å²) < 4.78 is 6.89. The van der Waals surface area contributed by atoms with Crippen LogP contribution in [0.15, 0.2) is 0 Å². The Morgan fingerprint density at radius 3 is 2.44 bits per heavy atom. The maximum Gasteiger partial charge on any atom is 0.323 e. The SMILES string of the molecule is CCOc1nc(N)nc(-n2nc(C)c(C)c2C)n1. The molecule has 0 bridgehead atoms. The highest BCUT2D eigenvalue weighted by Gasteiger charge is 2.13. The summed E-state index contributed by atoms with van der Waals surface area (Å²) in [5.41, 5.74) is 8.65. The molecule has 7 nitrogen and oxygen atoms in total. The fourth-order valence-corrected chi connectivity index (χ4v) is 1.56. The van der Waals surface area contributed by atoms with Crippen LogP contribution in [0, 0.1) is 20.8 Å². The molecule has 2 N–H and O–H groups in total. The summed E-state index contributed by atoms with van der Waals surface area (Å²) in [4.78, 5) is 12.2. The van der Waals surface area contributed by atoms with E-state index < -0.39 is 0 Å². The molecule has 2 aromatic rings. The second-order valence-electron chi connectivity index (χ2n) is 3.92. The van der Waals surface area contributed by atoms with Gasteiger partial charge in [-0.15, -0.1) is 0 Å². The lowest BCUT2D eigenvalue weighted by Crippen LogP contribution is -2.11. The molecule has 0 radical (unpaired) electrons. The molecule has 0 amide bonds. The molecule has 96 valence electrons. The second kappa shape index (κ2) is 4.59. The first-order valence-electron chi connectivity index (χ1n) is 5.70. The van der Waals surface area contributed by atoms with Crippen LogP contribution in [0.3, 0.4) is 0 Å². The summed E-state index contributed by atoms with van der Waals surface area (Å²) in [6.07, 6.45) is 0. The van der Waals surface area contributed by atoms with Gasteiger partial charge in [-0.2, -0.15) is 20.1 Å². The molecule has 2 aromatic heterocycles. The molecule has 0 aliphatic heterocycles. The van der Waals surface area contributed by atoms with E-state index in [4.69, 9.17) is 10.5 Å². The van der Waals surface area contributed by atoms with Gasteiger partial charge in [-0.25, -0.2) is 4.68 Å². The average molecular weight is 248 g/mol. The van der Waals surface area contributed by atoms with Crippen molar-refractivity contribution in [2.75, 3.05) is 12.3 Å². The predicted molar refractivity (Wildman–Crippen MR) is 66.7 cm³/mol. The van der Waals surface area contributed by atoms with Crippen molar-refractivity contribution in [2.45, 2.75) is 27.7 Å². The number of anilines is 1. The molecule has 0 fully saturated rings. The number of aryl methyl sites for hydroxylation is 1. The lowest BCUT2D eigenvalue weighted by Gasteiger charge is -2.06. The molecule has 0 spiro atoms. The van der Waals surface area contributed by atoms with Crippen LogP contribution < -0.4 is 10.5 Å². The van der Waals surface area contributed by atoms with Gasteiger partial charge in [-0.1, -0.05) is 0 Å². The van der Waals surface area contributed by atoms with Gasteiger partial charge < -0.3 is 10.5 Å². The fraction of sp³-hybridized carbons (Fsp3) is 0.455. The molecule has 18 heavy (non-hydrogen) atoms. The number of hydrogen-bond donors (Lipinski definition) is 1. The van der Waals surface area contributed by atoms with E-state index in [0.29, 0.717) is 12.6 Å². The highest BCUT2D eigenvalue weighted by molar-refractivity contribution is 5.31. The van der Waals surface area contributed by atoms with Crippen LogP contribution in [0.25, 0.3) is 5.95 Å². The Balaban J connectivity index is 2.52. The number of aromatic nitrogens is 5. The lowest BCUT2D eigenvalue weighted by atomic mass is 10.2. The van der Waals surface area contributed by atoms with Crippen LogP contribution in [0.4, 0.5) is 5.95 Å². The Labute approximate surface area is 105 Å². The van der Waals surface area contributed by atoms with Crippen LogP contribution in [0.1, 0.15) is 23.9 Å². The maximum atomic E-state index is 5.64. The third-order valence-corrected chi connectivity index (χ3v) is 2.74. The third-order valence-electron chi connectivity index (χ3n) is 2.74. The van der Waals surface area contributed by atoms with E-state index in [1.54, 1.807) is 4.68 Å². The van der Waals surface area contributed by atoms with Crippen LogP contribution in [0.2, 0.25) is 0 Å². The highest BCUT2D eigenvalue weighted by atomic mass is 16.5. The monoisotopic (exact) mass is 248 g/mol. The quantitative estimate of drug-likeness (QED) is 0.869. The number of nitrogen functional groups attached to an aromatic ring is 1. The van der Waals surface area contributed by atoms with Crippen molar-refractivity contribution >= 4 is 5.95 Å². The van der Waals surface area contributed by atoms with Gasteiger partial charge in [0.1, 0.15) is 0 Å². The molecule has 0 aromatic carbocycles.